The van der Waals surface area contributed by atoms with Crippen LogP contribution in [0.1, 0.15) is 103 Å². The smallest absolute Gasteiger partial charge is 0.315 e. The highest BCUT2D eigenvalue weighted by atomic mass is 32.2. The Hall–Kier alpha value is -5.19. The molecular formula is C38H63N11O11S. The number of rotatable bonds is 28. The van der Waals surface area contributed by atoms with Crippen LogP contribution in [0.4, 0.5) is 4.79 Å². The molecule has 0 bridgehead atoms. The van der Waals surface area contributed by atoms with Gasteiger partial charge in [-0.1, -0.05) is 32.1 Å². The third kappa shape index (κ3) is 18.5. The summed E-state index contributed by atoms with van der Waals surface area (Å²) in [6.07, 6.45) is 7.35. The zero-order valence-corrected chi connectivity index (χ0v) is 35.5. The summed E-state index contributed by atoms with van der Waals surface area (Å²) in [5.74, 6) is -5.88. The number of amides is 11. The summed E-state index contributed by atoms with van der Waals surface area (Å²) in [5, 5.41) is 30.1. The van der Waals surface area contributed by atoms with Gasteiger partial charge in [-0.15, -0.1) is 0 Å². The van der Waals surface area contributed by atoms with Crippen molar-refractivity contribution in [2.24, 2.45) is 23.3 Å². The lowest BCUT2D eigenvalue weighted by atomic mass is 9.89. The maximum atomic E-state index is 13.3. The molecule has 11 amide bonds. The largest absolute Gasteiger partial charge is 0.370 e. The lowest BCUT2D eigenvalue weighted by Gasteiger charge is -2.24. The first-order valence-electron chi connectivity index (χ1n) is 21.0. The quantitative estimate of drug-likeness (QED) is 0.0169. The van der Waals surface area contributed by atoms with Gasteiger partial charge >= 0.3 is 6.03 Å². The van der Waals surface area contributed by atoms with Crippen LogP contribution in [0.25, 0.3) is 0 Å². The molecule has 14 N–H and O–H groups in total. The molecule has 1 saturated carbocycles. The fourth-order valence-electron chi connectivity index (χ4n) is 7.58. The fraction of sp³-hybridized carbons (Fsp3) is 0.737. The van der Waals surface area contributed by atoms with Crippen LogP contribution in [-0.2, 0) is 43.2 Å². The second kappa shape index (κ2) is 26.2. The number of carbonyl (C=O) groups is 10. The number of nitrogens with two attached hydrogens (primary N) is 2. The molecule has 3 aliphatic rings. The van der Waals surface area contributed by atoms with Crippen molar-refractivity contribution in [3.8, 4) is 0 Å². The SMILES string of the molecule is C[C@H](NC(=O)[C@H](CCC(N)=O)NC(=O)C(CC(=O)NO)CC1CCCC1)C(=O)NCC(=O)NCC(=O)N[C@@H](CCCCNC(=O)CCCC[C@@H]1SC[C@@H]2NC(=O)N[C@@H]21)C(N)=O. The molecule has 342 valence electrons. The molecule has 0 radical (unpaired) electrons. The minimum absolute atomic E-state index is 0.0855. The van der Waals surface area contributed by atoms with Gasteiger partial charge in [0.1, 0.15) is 18.1 Å². The highest BCUT2D eigenvalue weighted by molar-refractivity contribution is 8.00. The molecule has 1 aliphatic carbocycles. The molecule has 2 heterocycles. The van der Waals surface area contributed by atoms with Crippen molar-refractivity contribution < 1.29 is 53.2 Å². The molecule has 22 nitrogen and oxygen atoms in total. The van der Waals surface area contributed by atoms with Crippen molar-refractivity contribution in [3.05, 3.63) is 0 Å². The summed E-state index contributed by atoms with van der Waals surface area (Å²) in [7, 11) is 0. The van der Waals surface area contributed by atoms with E-state index in [1.165, 1.54) is 12.4 Å². The van der Waals surface area contributed by atoms with Crippen molar-refractivity contribution in [1.82, 2.24) is 48.0 Å². The third-order valence-corrected chi connectivity index (χ3v) is 12.5. The summed E-state index contributed by atoms with van der Waals surface area (Å²) in [5.41, 5.74) is 12.2. The number of hydrogen-bond donors (Lipinski definition) is 12. The molecule has 3 rings (SSSR count). The van der Waals surface area contributed by atoms with E-state index in [2.05, 4.69) is 42.5 Å². The lowest BCUT2D eigenvalue weighted by molar-refractivity contribution is -0.137. The minimum Gasteiger partial charge on any atom is -0.370 e. The number of urea groups is 1. The van der Waals surface area contributed by atoms with Crippen LogP contribution in [0.15, 0.2) is 0 Å². The van der Waals surface area contributed by atoms with Gasteiger partial charge in [0.25, 0.3) is 0 Å². The van der Waals surface area contributed by atoms with Gasteiger partial charge in [-0.3, -0.25) is 48.4 Å². The summed E-state index contributed by atoms with van der Waals surface area (Å²) in [6.45, 7) is 0.591. The average Bonchev–Trinajstić information content (AvgIpc) is 3.96. The Balaban J connectivity index is 1.32. The second-order valence-corrected chi connectivity index (χ2v) is 17.1. The number of thioether (sulfide) groups is 1. The van der Waals surface area contributed by atoms with Crippen LogP contribution in [-0.4, -0.2) is 125 Å². The van der Waals surface area contributed by atoms with E-state index in [0.717, 1.165) is 50.7 Å². The van der Waals surface area contributed by atoms with E-state index in [1.807, 2.05) is 11.8 Å². The van der Waals surface area contributed by atoms with Crippen LogP contribution >= 0.6 is 11.8 Å². The summed E-state index contributed by atoms with van der Waals surface area (Å²) >= 11 is 1.83. The predicted molar refractivity (Wildman–Crippen MR) is 221 cm³/mol. The number of primary amides is 2. The minimum atomic E-state index is -1.30. The molecule has 3 fully saturated rings. The van der Waals surface area contributed by atoms with Gasteiger partial charge in [-0.25, -0.2) is 10.3 Å². The molecule has 0 aromatic heterocycles. The van der Waals surface area contributed by atoms with Gasteiger partial charge in [-0.2, -0.15) is 11.8 Å². The zero-order valence-electron chi connectivity index (χ0n) is 34.6. The molecule has 2 aliphatic heterocycles. The number of carbonyl (C=O) groups excluding carboxylic acids is 10. The number of nitrogens with one attached hydrogen (secondary N) is 9. The van der Waals surface area contributed by atoms with Crippen molar-refractivity contribution in [2.75, 3.05) is 25.4 Å². The molecule has 23 heteroatoms. The molecule has 0 aromatic carbocycles. The first-order valence-corrected chi connectivity index (χ1v) is 22.0. The number of hydrogen-bond acceptors (Lipinski definition) is 12. The van der Waals surface area contributed by atoms with Crippen LogP contribution in [0.3, 0.4) is 0 Å². The second-order valence-electron chi connectivity index (χ2n) is 15.8. The van der Waals surface area contributed by atoms with E-state index < -0.39 is 84.4 Å². The molecule has 0 aromatic rings. The Kier molecular flexibility index (Phi) is 21.6. The topological polar surface area (TPSA) is 351 Å². The van der Waals surface area contributed by atoms with Crippen molar-refractivity contribution in [1.29, 1.82) is 0 Å². The van der Waals surface area contributed by atoms with Crippen molar-refractivity contribution in [3.63, 3.8) is 0 Å². The molecular weight excluding hydrogens is 819 g/mol. The summed E-state index contributed by atoms with van der Waals surface area (Å²) in [4.78, 5) is 123. The zero-order chi connectivity index (χ0) is 44.9. The monoisotopic (exact) mass is 881 g/mol. The fourth-order valence-corrected chi connectivity index (χ4v) is 9.13. The van der Waals surface area contributed by atoms with E-state index in [9.17, 15) is 47.9 Å². The standard InChI is InChI=1S/C38H63N11O11S/c1-21(44-37(58)25(13-14-28(39)50)46-36(57)23(17-30(52)49-60)16-22-8-2-3-9-22)35(56)43-18-31(53)42-19-32(54)45-24(34(40)55)10-6-7-15-41-29(51)12-5-4-11-27-33-26(20-61-27)47-38(59)48-33/h21-27,33,60H,2-20H2,1H3,(H2,39,50)(H2,40,55)(H,41,51)(H,42,53)(H,43,56)(H,44,58)(H,45,54)(H,46,57)(H,49,52)(H2,47,48,59)/t21-,23?,24-,25-,26-,27-,33-/m0/s1. The van der Waals surface area contributed by atoms with E-state index >= 15 is 0 Å². The molecule has 1 unspecified atom stereocenters. The normalized spacial score (nSPS) is 20.0. The van der Waals surface area contributed by atoms with Crippen molar-refractivity contribution in [2.45, 2.75) is 139 Å². The number of unbranched alkanes of at least 4 members (excludes halogenated alkanes) is 2. The average molecular weight is 882 g/mol. The van der Waals surface area contributed by atoms with Crippen LogP contribution in [0.2, 0.25) is 0 Å². The molecule has 0 spiro atoms. The maximum absolute atomic E-state index is 13.3. The van der Waals surface area contributed by atoms with Gasteiger partial charge < -0.3 is 54.0 Å². The lowest BCUT2D eigenvalue weighted by Crippen LogP contribution is -2.54. The van der Waals surface area contributed by atoms with Gasteiger partial charge in [0.15, 0.2) is 0 Å². The Morgan fingerprint density at radius 1 is 0.754 bits per heavy atom. The first-order chi connectivity index (χ1) is 29.1. The highest BCUT2D eigenvalue weighted by Gasteiger charge is 2.42. The Bertz CT molecular complexity index is 1580. The summed E-state index contributed by atoms with van der Waals surface area (Å²) in [6, 6.07) is -3.36. The van der Waals surface area contributed by atoms with Crippen LogP contribution < -0.4 is 59.5 Å². The van der Waals surface area contributed by atoms with Gasteiger partial charge in [-0.05, 0) is 57.8 Å². The molecule has 61 heavy (non-hydrogen) atoms. The third-order valence-electron chi connectivity index (χ3n) is 11.0. The Morgan fingerprint density at radius 3 is 2.16 bits per heavy atom. The molecule has 2 saturated heterocycles. The number of hydroxylamine groups is 1. The van der Waals surface area contributed by atoms with E-state index in [-0.39, 0.29) is 55.6 Å². The summed E-state index contributed by atoms with van der Waals surface area (Å²) < 4.78 is 0. The van der Waals surface area contributed by atoms with E-state index in [0.29, 0.717) is 37.5 Å². The Morgan fingerprint density at radius 2 is 1.48 bits per heavy atom. The number of fused-ring (bicyclic) bond motifs is 1. The van der Waals surface area contributed by atoms with Gasteiger partial charge in [0, 0.05) is 42.7 Å². The predicted octanol–water partition coefficient (Wildman–Crippen LogP) is -2.45. The first kappa shape index (κ1) is 50.2. The molecule has 7 atom stereocenters. The van der Waals surface area contributed by atoms with E-state index in [4.69, 9.17) is 16.7 Å². The van der Waals surface area contributed by atoms with Crippen LogP contribution in [0, 0.1) is 11.8 Å². The van der Waals surface area contributed by atoms with Gasteiger partial charge in [0.2, 0.25) is 53.2 Å². The van der Waals surface area contributed by atoms with E-state index in [1.54, 1.807) is 0 Å². The van der Waals surface area contributed by atoms with Gasteiger partial charge in [0.05, 0.1) is 25.2 Å². The maximum Gasteiger partial charge on any atom is 0.315 e. The van der Waals surface area contributed by atoms with Crippen LogP contribution in [0.5, 0.6) is 0 Å². The highest BCUT2D eigenvalue weighted by Crippen LogP contribution is 2.33. The Labute approximate surface area is 358 Å². The van der Waals surface area contributed by atoms with Crippen molar-refractivity contribution >= 4 is 71.0 Å².